The van der Waals surface area contributed by atoms with E-state index >= 15 is 0 Å². The molecule has 5 heteroatoms. The second-order valence-electron chi connectivity index (χ2n) is 6.14. The molecule has 0 aromatic heterocycles. The Bertz CT molecular complexity index is 497. The number of nitrogens with zero attached hydrogens (tertiary/aromatic N) is 1. The van der Waals surface area contributed by atoms with Crippen molar-refractivity contribution in [1.29, 1.82) is 0 Å². The molecule has 2 saturated heterocycles. The molecule has 3 rings (SSSR count). The maximum Gasteiger partial charge on any atom is 0.228 e. The largest absolute Gasteiger partial charge is 0.496 e. The van der Waals surface area contributed by atoms with Crippen molar-refractivity contribution in [2.45, 2.75) is 19.3 Å². The molecule has 0 bridgehead atoms. The van der Waals surface area contributed by atoms with E-state index in [1.165, 1.54) is 5.56 Å². The van der Waals surface area contributed by atoms with Gasteiger partial charge in [0.1, 0.15) is 5.75 Å². The van der Waals surface area contributed by atoms with E-state index in [1.54, 1.807) is 7.11 Å². The number of ether oxygens (including phenoxy) is 1. The number of nitrogens with one attached hydrogen (secondary N) is 1. The Balaban J connectivity index is 0.00000176. The van der Waals surface area contributed by atoms with Crippen molar-refractivity contribution in [2.75, 3.05) is 33.3 Å². The zero-order chi connectivity index (χ0) is 14.7. The molecule has 0 aliphatic carbocycles. The first-order valence-electron chi connectivity index (χ1n) is 7.89. The number of hydrogen-bond acceptors (Lipinski definition) is 3. The Kier molecular flexibility index (Phi) is 6.09. The van der Waals surface area contributed by atoms with Crippen LogP contribution in [0.1, 0.15) is 18.4 Å². The third-order valence-corrected chi connectivity index (χ3v) is 4.76. The summed E-state index contributed by atoms with van der Waals surface area (Å²) in [5, 5.41) is 3.17. The van der Waals surface area contributed by atoms with E-state index in [4.69, 9.17) is 4.74 Å². The second kappa shape index (κ2) is 7.84. The van der Waals surface area contributed by atoms with Gasteiger partial charge >= 0.3 is 0 Å². The lowest BCUT2D eigenvalue weighted by atomic mass is 9.89. The first-order valence-corrected chi connectivity index (χ1v) is 7.89. The minimum atomic E-state index is 0. The minimum absolute atomic E-state index is 0. The second-order valence-corrected chi connectivity index (χ2v) is 6.14. The van der Waals surface area contributed by atoms with E-state index in [2.05, 4.69) is 22.3 Å². The Morgan fingerprint density at radius 3 is 2.55 bits per heavy atom. The predicted molar refractivity (Wildman–Crippen MR) is 89.6 cm³/mol. The summed E-state index contributed by atoms with van der Waals surface area (Å²) in [5.41, 5.74) is 1.29. The van der Waals surface area contributed by atoms with E-state index in [-0.39, 0.29) is 18.3 Å². The van der Waals surface area contributed by atoms with Gasteiger partial charge in [-0.25, -0.2) is 0 Å². The molecular weight excluding hydrogens is 300 g/mol. The molecule has 2 aliphatic rings. The molecule has 1 aromatic carbocycles. The third-order valence-electron chi connectivity index (χ3n) is 4.76. The van der Waals surface area contributed by atoms with E-state index in [0.717, 1.165) is 51.2 Å². The van der Waals surface area contributed by atoms with Gasteiger partial charge in [-0.3, -0.25) is 4.79 Å². The van der Waals surface area contributed by atoms with Gasteiger partial charge in [-0.15, -0.1) is 12.4 Å². The first kappa shape index (κ1) is 17.1. The summed E-state index contributed by atoms with van der Waals surface area (Å²) in [5.74, 6) is 2.22. The van der Waals surface area contributed by atoms with Crippen LogP contribution >= 0.6 is 12.4 Å². The van der Waals surface area contributed by atoms with Crippen molar-refractivity contribution in [3.8, 4) is 5.75 Å². The fourth-order valence-electron chi connectivity index (χ4n) is 3.26. The van der Waals surface area contributed by atoms with Crippen LogP contribution in [0, 0.1) is 11.8 Å². The molecule has 1 amide bonds. The molecule has 0 atom stereocenters. The van der Waals surface area contributed by atoms with Crippen molar-refractivity contribution in [2.24, 2.45) is 11.8 Å². The highest BCUT2D eigenvalue weighted by Gasteiger charge is 2.31. The molecule has 1 N–H and O–H groups in total. The molecular formula is C17H25ClN2O2. The van der Waals surface area contributed by atoms with Crippen LogP contribution in [-0.2, 0) is 11.2 Å². The predicted octanol–water partition coefficient (Wildman–Crippen LogP) is 2.12. The Morgan fingerprint density at radius 2 is 1.95 bits per heavy atom. The van der Waals surface area contributed by atoms with Crippen molar-refractivity contribution < 1.29 is 9.53 Å². The molecule has 0 spiro atoms. The summed E-state index contributed by atoms with van der Waals surface area (Å²) in [6.07, 6.45) is 3.25. The number of hydrogen-bond donors (Lipinski definition) is 1. The summed E-state index contributed by atoms with van der Waals surface area (Å²) in [6.45, 7) is 3.55. The molecule has 2 aliphatic heterocycles. The zero-order valence-corrected chi connectivity index (χ0v) is 13.9. The number of halogens is 1. The summed E-state index contributed by atoms with van der Waals surface area (Å²) in [4.78, 5) is 14.3. The number of amides is 1. The molecule has 2 fully saturated rings. The smallest absolute Gasteiger partial charge is 0.228 e. The number of carbonyl (C=O) groups is 1. The molecule has 22 heavy (non-hydrogen) atoms. The monoisotopic (exact) mass is 324 g/mol. The van der Waals surface area contributed by atoms with Gasteiger partial charge in [0.2, 0.25) is 5.91 Å². The van der Waals surface area contributed by atoms with Gasteiger partial charge in [0.25, 0.3) is 0 Å². The van der Waals surface area contributed by atoms with Crippen LogP contribution in [0.5, 0.6) is 5.75 Å². The highest BCUT2D eigenvalue weighted by molar-refractivity contribution is 5.85. The summed E-state index contributed by atoms with van der Waals surface area (Å²) in [7, 11) is 1.73. The van der Waals surface area contributed by atoms with Crippen LogP contribution in [0.15, 0.2) is 24.3 Å². The lowest BCUT2D eigenvalue weighted by Crippen LogP contribution is -2.53. The quantitative estimate of drug-likeness (QED) is 0.922. The molecule has 0 radical (unpaired) electrons. The van der Waals surface area contributed by atoms with Crippen molar-refractivity contribution in [3.63, 3.8) is 0 Å². The summed E-state index contributed by atoms with van der Waals surface area (Å²) < 4.78 is 5.43. The fraction of sp³-hybridized carbons (Fsp3) is 0.588. The molecule has 1 aromatic rings. The van der Waals surface area contributed by atoms with Crippen molar-refractivity contribution >= 4 is 18.3 Å². The average molecular weight is 325 g/mol. The fourth-order valence-corrected chi connectivity index (χ4v) is 3.26. The number of rotatable bonds is 4. The average Bonchev–Trinajstić information content (AvgIpc) is 2.47. The molecule has 122 valence electrons. The van der Waals surface area contributed by atoms with Crippen LogP contribution in [0.3, 0.4) is 0 Å². The lowest BCUT2D eigenvalue weighted by molar-refractivity contribution is -0.138. The van der Waals surface area contributed by atoms with Gasteiger partial charge in [-0.1, -0.05) is 18.2 Å². The summed E-state index contributed by atoms with van der Waals surface area (Å²) >= 11 is 0. The van der Waals surface area contributed by atoms with Crippen LogP contribution in [0.4, 0.5) is 0 Å². The normalized spacial score (nSPS) is 19.2. The number of para-hydroxylation sites is 1. The molecule has 2 heterocycles. The molecule has 0 unspecified atom stereocenters. The summed E-state index contributed by atoms with van der Waals surface area (Å²) in [6, 6.07) is 8.25. The number of benzene rings is 1. The van der Waals surface area contributed by atoms with Gasteiger partial charge in [-0.05, 0) is 36.8 Å². The van der Waals surface area contributed by atoms with Gasteiger partial charge in [0, 0.05) is 26.2 Å². The number of likely N-dealkylation sites (tertiary alicyclic amines) is 1. The van der Waals surface area contributed by atoms with Crippen LogP contribution in [0.25, 0.3) is 0 Å². The van der Waals surface area contributed by atoms with E-state index in [0.29, 0.717) is 11.8 Å². The maximum atomic E-state index is 12.2. The molecule has 0 saturated carbocycles. The Morgan fingerprint density at radius 1 is 1.27 bits per heavy atom. The lowest BCUT2D eigenvalue weighted by Gasteiger charge is -2.37. The highest BCUT2D eigenvalue weighted by atomic mass is 35.5. The number of carbonyl (C=O) groups excluding carboxylic acids is 1. The van der Waals surface area contributed by atoms with Crippen LogP contribution in [-0.4, -0.2) is 44.1 Å². The zero-order valence-electron chi connectivity index (χ0n) is 13.1. The van der Waals surface area contributed by atoms with Crippen molar-refractivity contribution in [1.82, 2.24) is 10.2 Å². The van der Waals surface area contributed by atoms with E-state index in [1.807, 2.05) is 12.1 Å². The minimum Gasteiger partial charge on any atom is -0.496 e. The Hall–Kier alpha value is -1.26. The Labute approximate surface area is 138 Å². The first-order chi connectivity index (χ1) is 10.3. The molecule has 4 nitrogen and oxygen atoms in total. The maximum absolute atomic E-state index is 12.2. The third kappa shape index (κ3) is 3.73. The SMILES string of the molecule is COc1ccccc1CC1CCN(C(=O)C2CNC2)CC1.Cl. The van der Waals surface area contributed by atoms with Crippen LogP contribution in [0.2, 0.25) is 0 Å². The number of methoxy groups -OCH3 is 1. The number of piperidine rings is 1. The standard InChI is InChI=1S/C17H24N2O2.ClH/c1-21-16-5-3-2-4-14(16)10-13-6-8-19(9-7-13)17(20)15-11-18-12-15;/h2-5,13,15,18H,6-12H2,1H3;1H. The van der Waals surface area contributed by atoms with Gasteiger partial charge in [0.05, 0.1) is 13.0 Å². The van der Waals surface area contributed by atoms with Crippen LogP contribution < -0.4 is 10.1 Å². The van der Waals surface area contributed by atoms with Gasteiger partial charge in [-0.2, -0.15) is 0 Å². The van der Waals surface area contributed by atoms with E-state index < -0.39 is 0 Å². The van der Waals surface area contributed by atoms with Crippen molar-refractivity contribution in [3.05, 3.63) is 29.8 Å². The van der Waals surface area contributed by atoms with E-state index in [9.17, 15) is 4.79 Å². The van der Waals surface area contributed by atoms with Gasteiger partial charge in [0.15, 0.2) is 0 Å². The topological polar surface area (TPSA) is 41.6 Å². The highest BCUT2D eigenvalue weighted by Crippen LogP contribution is 2.27. The van der Waals surface area contributed by atoms with Gasteiger partial charge < -0.3 is 15.0 Å².